The Kier molecular flexibility index (Phi) is 3.47. The summed E-state index contributed by atoms with van der Waals surface area (Å²) in [5, 5.41) is 20.8. The van der Waals surface area contributed by atoms with E-state index >= 15 is 0 Å². The number of Topliss-reactive ketones (excluding diaryl/α,β-unsaturated/α-hetero) is 1. The van der Waals surface area contributed by atoms with Gasteiger partial charge in [-0.3, -0.25) is 4.79 Å². The maximum Gasteiger partial charge on any atom is 0.133 e. The Bertz CT molecular complexity index is 475. The molecule has 0 unspecified atom stereocenters. The third kappa shape index (κ3) is 1.84. The average molecular weight is 306 g/mol. The molecule has 0 aromatic heterocycles. The molecule has 4 aliphatic rings. The first-order valence-corrected chi connectivity index (χ1v) is 9.32. The monoisotopic (exact) mass is 306 g/mol. The first kappa shape index (κ1) is 15.1. The minimum absolute atomic E-state index is 0.00565. The van der Waals surface area contributed by atoms with Crippen LogP contribution in [0, 0.1) is 34.5 Å². The molecule has 4 saturated carbocycles. The van der Waals surface area contributed by atoms with Crippen LogP contribution in [0.4, 0.5) is 0 Å². The van der Waals surface area contributed by atoms with Gasteiger partial charge in [0.15, 0.2) is 0 Å². The zero-order valence-electron chi connectivity index (χ0n) is 13.8. The van der Waals surface area contributed by atoms with Gasteiger partial charge in [0, 0.05) is 24.9 Å². The van der Waals surface area contributed by atoms with Gasteiger partial charge in [0.1, 0.15) is 5.78 Å². The summed E-state index contributed by atoms with van der Waals surface area (Å²) in [6.07, 6.45) is 8.81. The number of carbonyl (C=O) groups is 1. The first-order valence-electron chi connectivity index (χ1n) is 9.32. The van der Waals surface area contributed by atoms with Crippen molar-refractivity contribution in [3.8, 4) is 0 Å². The SMILES string of the molecule is C[C@]12CC[C@H]3[C@@H](CC[C@H]4CC(=O)CC[C@@]43CO)[C@@H]1CC[C@@H]2O. The minimum atomic E-state index is -0.130. The largest absolute Gasteiger partial charge is 0.396 e. The van der Waals surface area contributed by atoms with E-state index in [2.05, 4.69) is 6.92 Å². The number of aliphatic hydroxyl groups is 2. The zero-order chi connectivity index (χ0) is 15.5. The van der Waals surface area contributed by atoms with Gasteiger partial charge >= 0.3 is 0 Å². The van der Waals surface area contributed by atoms with Crippen LogP contribution in [-0.2, 0) is 4.79 Å². The molecule has 0 radical (unpaired) electrons. The Morgan fingerprint density at radius 2 is 1.91 bits per heavy atom. The Morgan fingerprint density at radius 3 is 2.68 bits per heavy atom. The number of ketones is 1. The van der Waals surface area contributed by atoms with E-state index in [0.717, 1.165) is 38.5 Å². The third-order valence-corrected chi connectivity index (χ3v) is 8.42. The Hall–Kier alpha value is -0.410. The van der Waals surface area contributed by atoms with Crippen molar-refractivity contribution in [2.24, 2.45) is 34.5 Å². The van der Waals surface area contributed by atoms with Crippen LogP contribution in [0.25, 0.3) is 0 Å². The summed E-state index contributed by atoms with van der Waals surface area (Å²) in [6.45, 7) is 2.56. The van der Waals surface area contributed by atoms with Crippen LogP contribution >= 0.6 is 0 Å². The quantitative estimate of drug-likeness (QED) is 0.783. The minimum Gasteiger partial charge on any atom is -0.396 e. The highest BCUT2D eigenvalue weighted by Gasteiger charge is 2.61. The molecule has 22 heavy (non-hydrogen) atoms. The second-order valence-corrected chi connectivity index (χ2v) is 8.92. The fourth-order valence-corrected chi connectivity index (χ4v) is 7.13. The van der Waals surface area contributed by atoms with Gasteiger partial charge in [-0.05, 0) is 74.0 Å². The molecule has 3 heteroatoms. The van der Waals surface area contributed by atoms with Gasteiger partial charge in [-0.15, -0.1) is 0 Å². The van der Waals surface area contributed by atoms with Gasteiger partial charge in [-0.25, -0.2) is 0 Å². The highest BCUT2D eigenvalue weighted by molar-refractivity contribution is 5.79. The van der Waals surface area contributed by atoms with Crippen LogP contribution < -0.4 is 0 Å². The van der Waals surface area contributed by atoms with E-state index in [4.69, 9.17) is 0 Å². The van der Waals surface area contributed by atoms with Crippen molar-refractivity contribution in [2.75, 3.05) is 6.61 Å². The summed E-state index contributed by atoms with van der Waals surface area (Å²) < 4.78 is 0. The van der Waals surface area contributed by atoms with Gasteiger partial charge in [0.05, 0.1) is 6.10 Å². The number of hydrogen-bond donors (Lipinski definition) is 2. The summed E-state index contributed by atoms with van der Waals surface area (Å²) in [4.78, 5) is 11.9. The molecule has 4 aliphatic carbocycles. The van der Waals surface area contributed by atoms with Crippen molar-refractivity contribution in [3.05, 3.63) is 0 Å². The summed E-state index contributed by atoms with van der Waals surface area (Å²) in [5.41, 5.74) is 0.112. The van der Waals surface area contributed by atoms with Gasteiger partial charge in [0.25, 0.3) is 0 Å². The molecule has 4 fully saturated rings. The van der Waals surface area contributed by atoms with E-state index in [1.165, 1.54) is 6.42 Å². The Balaban J connectivity index is 1.66. The van der Waals surface area contributed by atoms with Crippen molar-refractivity contribution in [3.63, 3.8) is 0 Å². The molecular weight excluding hydrogens is 276 g/mol. The summed E-state index contributed by atoms with van der Waals surface area (Å²) in [6, 6.07) is 0. The molecule has 0 aromatic rings. The average Bonchev–Trinajstić information content (AvgIpc) is 2.82. The predicted molar refractivity (Wildman–Crippen MR) is 84.2 cm³/mol. The van der Waals surface area contributed by atoms with E-state index in [1.807, 2.05) is 0 Å². The summed E-state index contributed by atoms with van der Waals surface area (Å²) in [5.74, 6) is 2.68. The van der Waals surface area contributed by atoms with Crippen molar-refractivity contribution in [2.45, 2.75) is 70.8 Å². The lowest BCUT2D eigenvalue weighted by atomic mass is 9.45. The maximum atomic E-state index is 11.9. The molecule has 0 heterocycles. The fourth-order valence-electron chi connectivity index (χ4n) is 7.13. The molecule has 0 bridgehead atoms. The number of aliphatic hydroxyl groups excluding tert-OH is 2. The molecule has 7 atom stereocenters. The Morgan fingerprint density at radius 1 is 1.09 bits per heavy atom. The van der Waals surface area contributed by atoms with E-state index in [1.54, 1.807) is 0 Å². The molecule has 2 N–H and O–H groups in total. The molecule has 0 spiro atoms. The smallest absolute Gasteiger partial charge is 0.133 e. The molecule has 0 aliphatic heterocycles. The maximum absolute atomic E-state index is 11.9. The normalized spacial score (nSPS) is 54.5. The van der Waals surface area contributed by atoms with Crippen molar-refractivity contribution in [1.82, 2.24) is 0 Å². The highest BCUT2D eigenvalue weighted by atomic mass is 16.3. The first-order chi connectivity index (χ1) is 10.5. The lowest BCUT2D eigenvalue weighted by Crippen LogP contribution is -2.56. The summed E-state index contributed by atoms with van der Waals surface area (Å²) in [7, 11) is 0. The lowest BCUT2D eigenvalue weighted by molar-refractivity contribution is -0.155. The van der Waals surface area contributed by atoms with Crippen LogP contribution in [0.15, 0.2) is 0 Å². The molecule has 3 nitrogen and oxygen atoms in total. The molecule has 0 saturated heterocycles. The predicted octanol–water partition coefficient (Wildman–Crippen LogP) is 2.93. The Labute approximate surface area is 133 Å². The molecular formula is C19H30O3. The van der Waals surface area contributed by atoms with E-state index < -0.39 is 0 Å². The van der Waals surface area contributed by atoms with Crippen molar-refractivity contribution >= 4 is 5.78 Å². The number of rotatable bonds is 1. The second kappa shape index (κ2) is 5.04. The van der Waals surface area contributed by atoms with E-state index in [0.29, 0.717) is 42.3 Å². The fraction of sp³-hybridized carbons (Fsp3) is 0.947. The number of fused-ring (bicyclic) bond motifs is 5. The van der Waals surface area contributed by atoms with E-state index in [9.17, 15) is 15.0 Å². The van der Waals surface area contributed by atoms with Crippen molar-refractivity contribution < 1.29 is 15.0 Å². The number of hydrogen-bond acceptors (Lipinski definition) is 3. The standard InChI is InChI=1S/C19H30O3/c1-18-8-7-16-14(15(18)4-5-17(18)22)3-2-12-10-13(21)6-9-19(12,16)11-20/h12,14-17,20,22H,2-11H2,1H3/t12-,14-,15-,16-,17-,18-,19+/m0/s1. The van der Waals surface area contributed by atoms with Gasteiger partial charge in [-0.1, -0.05) is 6.92 Å². The highest BCUT2D eigenvalue weighted by Crippen LogP contribution is 2.65. The van der Waals surface area contributed by atoms with Crippen LogP contribution in [0.1, 0.15) is 64.7 Å². The van der Waals surface area contributed by atoms with Crippen LogP contribution in [0.5, 0.6) is 0 Å². The van der Waals surface area contributed by atoms with Crippen LogP contribution in [0.2, 0.25) is 0 Å². The molecule has 0 amide bonds. The van der Waals surface area contributed by atoms with Gasteiger partial charge in [-0.2, -0.15) is 0 Å². The zero-order valence-corrected chi connectivity index (χ0v) is 13.8. The molecule has 0 aromatic carbocycles. The van der Waals surface area contributed by atoms with E-state index in [-0.39, 0.29) is 23.5 Å². The third-order valence-electron chi connectivity index (χ3n) is 8.42. The molecule has 4 rings (SSSR count). The molecule has 124 valence electrons. The van der Waals surface area contributed by atoms with Crippen LogP contribution in [-0.4, -0.2) is 28.7 Å². The van der Waals surface area contributed by atoms with Gasteiger partial charge in [0.2, 0.25) is 0 Å². The lowest BCUT2D eigenvalue weighted by Gasteiger charge is -2.60. The second-order valence-electron chi connectivity index (χ2n) is 8.92. The topological polar surface area (TPSA) is 57.5 Å². The van der Waals surface area contributed by atoms with Gasteiger partial charge < -0.3 is 10.2 Å². The van der Waals surface area contributed by atoms with Crippen LogP contribution in [0.3, 0.4) is 0 Å². The number of carbonyl (C=O) groups excluding carboxylic acids is 1. The van der Waals surface area contributed by atoms with Crippen molar-refractivity contribution in [1.29, 1.82) is 0 Å². The summed E-state index contributed by atoms with van der Waals surface area (Å²) >= 11 is 0.